The molecule has 1 aromatic carbocycles. The van der Waals surface area contributed by atoms with E-state index < -0.39 is 48.8 Å². The molecule has 0 spiro atoms. The van der Waals surface area contributed by atoms with Gasteiger partial charge in [0, 0.05) is 55.3 Å². The second-order valence-electron chi connectivity index (χ2n) is 10.8. The number of halogens is 7. The molecule has 1 N–H and O–H groups in total. The number of fused-ring (bicyclic) bond motifs is 1. The first-order valence-corrected chi connectivity index (χ1v) is 14.0. The molecule has 2 aliphatic heterocycles. The SMILES string of the molecule is O=c1n(Cc2ccc(-c3nnc(C(F)F)o3)cn2)c2cc(F)c(C3=CNCC=C3)cc2n1C1CCN(CC(F)(F)C(F)F)CC1. The highest BCUT2D eigenvalue weighted by Crippen LogP contribution is 2.32. The minimum absolute atomic E-state index is 0.0594. The first kappa shape index (κ1) is 30.6. The van der Waals surface area contributed by atoms with Gasteiger partial charge < -0.3 is 9.73 Å². The smallest absolute Gasteiger partial charge is 0.329 e. The second kappa shape index (κ2) is 12.1. The predicted molar refractivity (Wildman–Crippen MR) is 149 cm³/mol. The molecule has 45 heavy (non-hydrogen) atoms. The third-order valence-electron chi connectivity index (χ3n) is 7.85. The number of likely N-dealkylation sites (tertiary alicyclic amines) is 1. The van der Waals surface area contributed by atoms with Gasteiger partial charge in [-0.15, -0.1) is 10.2 Å². The highest BCUT2D eigenvalue weighted by molar-refractivity contribution is 5.85. The highest BCUT2D eigenvalue weighted by atomic mass is 19.3. The molecule has 16 heteroatoms. The number of hydrogen-bond acceptors (Lipinski definition) is 7. The summed E-state index contributed by atoms with van der Waals surface area (Å²) < 4.78 is 102. The van der Waals surface area contributed by atoms with Gasteiger partial charge in [0.05, 0.1) is 35.4 Å². The number of piperidine rings is 1. The van der Waals surface area contributed by atoms with Crippen LogP contribution in [0.1, 0.15) is 42.5 Å². The summed E-state index contributed by atoms with van der Waals surface area (Å²) in [5, 5.41) is 9.90. The van der Waals surface area contributed by atoms with Gasteiger partial charge in [0.1, 0.15) is 5.82 Å². The summed E-state index contributed by atoms with van der Waals surface area (Å²) in [6.07, 6.45) is 0.286. The van der Waals surface area contributed by atoms with Crippen LogP contribution < -0.4 is 11.0 Å². The van der Waals surface area contributed by atoms with Crippen LogP contribution in [-0.4, -0.2) is 67.7 Å². The monoisotopic (exact) mass is 637 g/mol. The molecule has 0 bridgehead atoms. The van der Waals surface area contributed by atoms with Crippen molar-refractivity contribution >= 4 is 16.6 Å². The number of allylic oxidation sites excluding steroid dienone is 2. The Morgan fingerprint density at radius 2 is 1.84 bits per heavy atom. The van der Waals surface area contributed by atoms with Crippen molar-refractivity contribution in [2.45, 2.75) is 44.2 Å². The Labute approximate surface area is 250 Å². The zero-order valence-corrected chi connectivity index (χ0v) is 23.4. The average Bonchev–Trinajstić information content (AvgIpc) is 3.62. The maximum absolute atomic E-state index is 15.5. The molecule has 6 rings (SSSR count). The number of benzene rings is 1. The molecule has 0 saturated carbocycles. The van der Waals surface area contributed by atoms with Gasteiger partial charge >= 0.3 is 24.5 Å². The summed E-state index contributed by atoms with van der Waals surface area (Å²) in [6, 6.07) is 5.39. The maximum Gasteiger partial charge on any atom is 0.329 e. The summed E-state index contributed by atoms with van der Waals surface area (Å²) in [5.41, 5.74) is 1.65. The highest BCUT2D eigenvalue weighted by Gasteiger charge is 2.43. The Kier molecular flexibility index (Phi) is 8.24. The van der Waals surface area contributed by atoms with Crippen LogP contribution in [0.4, 0.5) is 30.7 Å². The Bertz CT molecular complexity index is 1800. The number of nitrogens with zero attached hydrogens (tertiary/aromatic N) is 6. The Morgan fingerprint density at radius 3 is 2.47 bits per heavy atom. The third-order valence-corrected chi connectivity index (χ3v) is 7.85. The molecule has 4 aromatic rings. The van der Waals surface area contributed by atoms with Crippen LogP contribution in [0, 0.1) is 5.82 Å². The van der Waals surface area contributed by atoms with Crippen molar-refractivity contribution in [3.05, 3.63) is 82.3 Å². The molecule has 1 saturated heterocycles. The summed E-state index contributed by atoms with van der Waals surface area (Å²) in [7, 11) is 0. The van der Waals surface area contributed by atoms with Crippen LogP contribution in [0.2, 0.25) is 0 Å². The van der Waals surface area contributed by atoms with Crippen molar-refractivity contribution < 1.29 is 35.2 Å². The van der Waals surface area contributed by atoms with Crippen LogP contribution in [0.15, 0.2) is 58.0 Å². The standard InChI is InChI=1S/C29H26F7N7O2/c30-21-11-22-23(10-20(21)16-2-1-7-37-12-16)43(19-5-8-41(9-6-19)15-29(35,36)27(33)34)28(44)42(22)14-18-4-3-17(13-38-18)25-39-40-26(45-25)24(31)32/h1-4,10-13,19,24,27,37H,5-9,14-15H2. The van der Waals surface area contributed by atoms with E-state index in [1.807, 2.05) is 6.08 Å². The van der Waals surface area contributed by atoms with Crippen molar-refractivity contribution in [2.75, 3.05) is 26.2 Å². The Morgan fingerprint density at radius 1 is 1.07 bits per heavy atom. The zero-order valence-electron chi connectivity index (χ0n) is 23.4. The lowest BCUT2D eigenvalue weighted by Gasteiger charge is -2.34. The predicted octanol–water partition coefficient (Wildman–Crippen LogP) is 5.41. The van der Waals surface area contributed by atoms with Gasteiger partial charge in [0.15, 0.2) is 0 Å². The number of aromatic nitrogens is 5. The van der Waals surface area contributed by atoms with Crippen molar-refractivity contribution in [3.8, 4) is 11.5 Å². The zero-order chi connectivity index (χ0) is 31.9. The van der Waals surface area contributed by atoms with Crippen LogP contribution in [0.25, 0.3) is 28.1 Å². The van der Waals surface area contributed by atoms with E-state index in [0.717, 1.165) is 0 Å². The normalized spacial score (nSPS) is 16.6. The summed E-state index contributed by atoms with van der Waals surface area (Å²) in [4.78, 5) is 19.5. The lowest BCUT2D eigenvalue weighted by Crippen LogP contribution is -2.46. The van der Waals surface area contributed by atoms with E-state index in [1.54, 1.807) is 18.3 Å². The van der Waals surface area contributed by atoms with E-state index in [-0.39, 0.29) is 55.0 Å². The molecular weight excluding hydrogens is 611 g/mol. The van der Waals surface area contributed by atoms with Gasteiger partial charge in [-0.25, -0.2) is 18.0 Å². The molecular formula is C29H26F7N7O2. The lowest BCUT2D eigenvalue weighted by atomic mass is 10.0. The minimum atomic E-state index is -4.15. The molecule has 2 aliphatic rings. The lowest BCUT2D eigenvalue weighted by molar-refractivity contribution is -0.144. The molecule has 1 fully saturated rings. The van der Waals surface area contributed by atoms with Crippen molar-refractivity contribution in [2.24, 2.45) is 0 Å². The number of nitrogens with one attached hydrogen (secondary N) is 1. The summed E-state index contributed by atoms with van der Waals surface area (Å²) in [6.45, 7) is -0.486. The minimum Gasteiger partial charge on any atom is -0.415 e. The molecule has 0 amide bonds. The topological polar surface area (TPSA) is 94.0 Å². The van der Waals surface area contributed by atoms with Crippen LogP contribution in [-0.2, 0) is 6.54 Å². The molecule has 3 aromatic heterocycles. The molecule has 238 valence electrons. The Balaban J connectivity index is 1.34. The first-order valence-electron chi connectivity index (χ1n) is 14.0. The van der Waals surface area contributed by atoms with E-state index in [4.69, 9.17) is 4.42 Å². The molecule has 5 heterocycles. The fourth-order valence-corrected chi connectivity index (χ4v) is 5.61. The largest absolute Gasteiger partial charge is 0.415 e. The van der Waals surface area contributed by atoms with Crippen molar-refractivity contribution in [1.29, 1.82) is 0 Å². The van der Waals surface area contributed by atoms with E-state index in [2.05, 4.69) is 20.5 Å². The van der Waals surface area contributed by atoms with Crippen molar-refractivity contribution in [3.63, 3.8) is 0 Å². The maximum atomic E-state index is 15.5. The number of dihydropyridines is 1. The molecule has 0 atom stereocenters. The van der Waals surface area contributed by atoms with Crippen molar-refractivity contribution in [1.82, 2.24) is 34.5 Å². The molecule has 9 nitrogen and oxygen atoms in total. The average molecular weight is 638 g/mol. The van der Waals surface area contributed by atoms with E-state index in [0.29, 0.717) is 23.3 Å². The number of alkyl halides is 6. The number of hydrogen-bond donors (Lipinski definition) is 1. The first-order chi connectivity index (χ1) is 21.5. The molecule has 0 unspecified atom stereocenters. The Hall–Kier alpha value is -4.47. The van der Waals surface area contributed by atoms with E-state index in [9.17, 15) is 31.1 Å². The fourth-order valence-electron chi connectivity index (χ4n) is 5.61. The third kappa shape index (κ3) is 6.10. The van der Waals surface area contributed by atoms with Gasteiger partial charge in [-0.1, -0.05) is 12.2 Å². The molecule has 0 aliphatic carbocycles. The van der Waals surface area contributed by atoms with Gasteiger partial charge in [-0.05, 0) is 31.0 Å². The summed E-state index contributed by atoms with van der Waals surface area (Å²) in [5.74, 6) is -5.73. The van der Waals surface area contributed by atoms with Gasteiger partial charge in [-0.3, -0.25) is 19.0 Å². The van der Waals surface area contributed by atoms with Gasteiger partial charge in [0.25, 0.3) is 5.89 Å². The quantitative estimate of drug-likeness (QED) is 0.246. The number of rotatable bonds is 9. The van der Waals surface area contributed by atoms with Crippen LogP contribution >= 0.6 is 0 Å². The van der Waals surface area contributed by atoms with E-state index in [1.165, 1.54) is 38.4 Å². The number of imidazole rings is 1. The van der Waals surface area contributed by atoms with Crippen LogP contribution in [0.5, 0.6) is 0 Å². The number of pyridine rings is 1. The van der Waals surface area contributed by atoms with Crippen LogP contribution in [0.3, 0.4) is 0 Å². The second-order valence-corrected chi connectivity index (χ2v) is 10.8. The van der Waals surface area contributed by atoms with Gasteiger partial charge in [-0.2, -0.15) is 17.6 Å². The van der Waals surface area contributed by atoms with E-state index >= 15 is 4.39 Å². The van der Waals surface area contributed by atoms with Gasteiger partial charge in [0.2, 0.25) is 5.89 Å². The fraction of sp³-hybridized carbons (Fsp3) is 0.379. The summed E-state index contributed by atoms with van der Waals surface area (Å²) >= 11 is 0. The molecule has 0 radical (unpaired) electrons.